The number of thioether (sulfide) groups is 1. The molecule has 2 aromatic heterocycles. The van der Waals surface area contributed by atoms with Gasteiger partial charge >= 0.3 is 0 Å². The third-order valence-corrected chi connectivity index (χ3v) is 6.17. The second kappa shape index (κ2) is 7.84. The maximum absolute atomic E-state index is 12.5. The van der Waals surface area contributed by atoms with E-state index in [-0.39, 0.29) is 16.7 Å². The van der Waals surface area contributed by atoms with Crippen LogP contribution in [0.3, 0.4) is 0 Å². The van der Waals surface area contributed by atoms with Gasteiger partial charge in [-0.3, -0.25) is 14.2 Å². The zero-order valence-electron chi connectivity index (χ0n) is 14.1. The summed E-state index contributed by atoms with van der Waals surface area (Å²) in [5.41, 5.74) is 1.68. The molecule has 0 spiro atoms. The molecular formula is C18H19N3O2S2. The van der Waals surface area contributed by atoms with Crippen molar-refractivity contribution in [3.8, 4) is 0 Å². The van der Waals surface area contributed by atoms with Crippen LogP contribution in [0.5, 0.6) is 0 Å². The lowest BCUT2D eigenvalue weighted by Crippen LogP contribution is -2.32. The Labute approximate surface area is 154 Å². The molecule has 0 radical (unpaired) electrons. The fourth-order valence-corrected chi connectivity index (χ4v) is 4.23. The molecule has 5 nitrogen and oxygen atoms in total. The third kappa shape index (κ3) is 3.93. The Balaban J connectivity index is 1.74. The van der Waals surface area contributed by atoms with E-state index >= 15 is 0 Å². The van der Waals surface area contributed by atoms with Crippen molar-refractivity contribution in [1.82, 2.24) is 14.9 Å². The van der Waals surface area contributed by atoms with Crippen molar-refractivity contribution in [2.24, 2.45) is 7.05 Å². The van der Waals surface area contributed by atoms with Crippen LogP contribution in [0, 0.1) is 0 Å². The minimum absolute atomic E-state index is 0.0454. The monoisotopic (exact) mass is 373 g/mol. The van der Waals surface area contributed by atoms with E-state index in [2.05, 4.69) is 10.3 Å². The highest BCUT2D eigenvalue weighted by molar-refractivity contribution is 8.00. The van der Waals surface area contributed by atoms with E-state index in [0.29, 0.717) is 28.3 Å². The third-order valence-electron chi connectivity index (χ3n) is 3.87. The van der Waals surface area contributed by atoms with Gasteiger partial charge in [-0.2, -0.15) is 0 Å². The molecule has 0 fully saturated rings. The summed E-state index contributed by atoms with van der Waals surface area (Å²) in [5.74, 6) is -0.0454. The van der Waals surface area contributed by atoms with Gasteiger partial charge < -0.3 is 5.32 Å². The Morgan fingerprint density at radius 3 is 2.80 bits per heavy atom. The molecule has 2 heterocycles. The molecule has 25 heavy (non-hydrogen) atoms. The van der Waals surface area contributed by atoms with E-state index in [0.717, 1.165) is 5.56 Å². The number of aromatic nitrogens is 2. The highest BCUT2D eigenvalue weighted by atomic mass is 32.2. The molecular weight excluding hydrogens is 354 g/mol. The Hall–Kier alpha value is -2.12. The Morgan fingerprint density at radius 1 is 1.32 bits per heavy atom. The van der Waals surface area contributed by atoms with Gasteiger partial charge in [-0.25, -0.2) is 4.98 Å². The standard InChI is InChI=1S/C18H19N3O2S2/c1-3-14(16(22)19-11-12-7-5-4-6-8-12)25-18-20-13-9-10-24-15(13)17(23)21(18)2/h4-10,14H,3,11H2,1-2H3,(H,19,22). The molecule has 1 amide bonds. The maximum atomic E-state index is 12.5. The van der Waals surface area contributed by atoms with Crippen LogP contribution in [0.1, 0.15) is 18.9 Å². The largest absolute Gasteiger partial charge is 0.351 e. The number of thiophene rings is 1. The number of benzene rings is 1. The number of hydrogen-bond donors (Lipinski definition) is 1. The Morgan fingerprint density at radius 2 is 2.08 bits per heavy atom. The number of carbonyl (C=O) groups is 1. The highest BCUT2D eigenvalue weighted by Gasteiger charge is 2.21. The van der Waals surface area contributed by atoms with Crippen molar-refractivity contribution in [3.63, 3.8) is 0 Å². The zero-order chi connectivity index (χ0) is 17.8. The van der Waals surface area contributed by atoms with Gasteiger partial charge in [0.2, 0.25) is 5.91 Å². The minimum atomic E-state index is -0.294. The smallest absolute Gasteiger partial charge is 0.271 e. The lowest BCUT2D eigenvalue weighted by molar-refractivity contribution is -0.120. The van der Waals surface area contributed by atoms with E-state index in [4.69, 9.17) is 0 Å². The first-order valence-electron chi connectivity index (χ1n) is 8.02. The van der Waals surface area contributed by atoms with Gasteiger partial charge in [0.1, 0.15) is 4.70 Å². The minimum Gasteiger partial charge on any atom is -0.351 e. The molecule has 1 atom stereocenters. The number of nitrogens with one attached hydrogen (secondary N) is 1. The summed E-state index contributed by atoms with van der Waals surface area (Å²) < 4.78 is 2.17. The summed E-state index contributed by atoms with van der Waals surface area (Å²) in [6.45, 7) is 2.45. The topological polar surface area (TPSA) is 64.0 Å². The summed E-state index contributed by atoms with van der Waals surface area (Å²) in [4.78, 5) is 29.4. The summed E-state index contributed by atoms with van der Waals surface area (Å²) in [5, 5.41) is 5.10. The number of amides is 1. The normalized spacial score (nSPS) is 12.2. The highest BCUT2D eigenvalue weighted by Crippen LogP contribution is 2.25. The molecule has 0 saturated carbocycles. The van der Waals surface area contributed by atoms with Crippen LogP contribution < -0.4 is 10.9 Å². The number of fused-ring (bicyclic) bond motifs is 1. The van der Waals surface area contributed by atoms with Gasteiger partial charge in [-0.1, -0.05) is 49.0 Å². The molecule has 0 saturated heterocycles. The Kier molecular flexibility index (Phi) is 5.55. The molecule has 0 bridgehead atoms. The van der Waals surface area contributed by atoms with Crippen molar-refractivity contribution in [3.05, 3.63) is 57.7 Å². The average molecular weight is 374 g/mol. The van der Waals surface area contributed by atoms with Gasteiger partial charge in [0.15, 0.2) is 5.16 Å². The van der Waals surface area contributed by atoms with Crippen molar-refractivity contribution in [1.29, 1.82) is 0 Å². The van der Waals surface area contributed by atoms with E-state index in [9.17, 15) is 9.59 Å². The predicted molar refractivity (Wildman–Crippen MR) is 103 cm³/mol. The molecule has 7 heteroatoms. The summed E-state index contributed by atoms with van der Waals surface area (Å²) >= 11 is 2.72. The van der Waals surface area contributed by atoms with E-state index in [1.165, 1.54) is 27.7 Å². The van der Waals surface area contributed by atoms with Crippen molar-refractivity contribution < 1.29 is 4.79 Å². The molecule has 1 unspecified atom stereocenters. The van der Waals surface area contributed by atoms with Crippen LogP contribution in [0.2, 0.25) is 0 Å². The molecule has 1 N–H and O–H groups in total. The van der Waals surface area contributed by atoms with E-state index in [1.807, 2.05) is 48.7 Å². The van der Waals surface area contributed by atoms with E-state index < -0.39 is 0 Å². The molecule has 0 aliphatic heterocycles. The average Bonchev–Trinajstić information content (AvgIpc) is 3.11. The van der Waals surface area contributed by atoms with Gasteiger partial charge in [0, 0.05) is 13.6 Å². The number of nitrogens with zero attached hydrogens (tertiary/aromatic N) is 2. The second-order valence-corrected chi connectivity index (χ2v) is 7.70. The molecule has 130 valence electrons. The van der Waals surface area contributed by atoms with Gasteiger partial charge in [-0.05, 0) is 23.4 Å². The maximum Gasteiger partial charge on any atom is 0.271 e. The summed E-state index contributed by atoms with van der Waals surface area (Å²) in [6, 6.07) is 11.6. The first-order valence-corrected chi connectivity index (χ1v) is 9.78. The summed E-state index contributed by atoms with van der Waals surface area (Å²) in [6.07, 6.45) is 0.656. The number of rotatable bonds is 6. The predicted octanol–water partition coefficient (Wildman–Crippen LogP) is 3.18. The Bertz CT molecular complexity index is 934. The number of carbonyl (C=O) groups excluding carboxylic acids is 1. The second-order valence-electron chi connectivity index (χ2n) is 5.61. The summed E-state index contributed by atoms with van der Waals surface area (Å²) in [7, 11) is 1.70. The molecule has 0 aliphatic rings. The van der Waals surface area contributed by atoms with Gasteiger partial charge in [0.25, 0.3) is 5.56 Å². The quantitative estimate of drug-likeness (QED) is 0.532. The van der Waals surface area contributed by atoms with E-state index in [1.54, 1.807) is 7.05 Å². The van der Waals surface area contributed by atoms with Crippen LogP contribution in [-0.2, 0) is 18.4 Å². The lowest BCUT2D eigenvalue weighted by atomic mass is 10.2. The van der Waals surface area contributed by atoms with Crippen LogP contribution >= 0.6 is 23.1 Å². The van der Waals surface area contributed by atoms with Gasteiger partial charge in [0.05, 0.1) is 10.8 Å². The zero-order valence-corrected chi connectivity index (χ0v) is 15.7. The van der Waals surface area contributed by atoms with Crippen molar-refractivity contribution >= 4 is 39.2 Å². The fraction of sp³-hybridized carbons (Fsp3) is 0.278. The van der Waals surface area contributed by atoms with Crippen molar-refractivity contribution in [2.75, 3.05) is 0 Å². The number of hydrogen-bond acceptors (Lipinski definition) is 5. The molecule has 1 aromatic carbocycles. The van der Waals surface area contributed by atoms with Crippen LogP contribution in [0.4, 0.5) is 0 Å². The molecule has 3 aromatic rings. The lowest BCUT2D eigenvalue weighted by Gasteiger charge is -2.16. The molecule has 0 aliphatic carbocycles. The SMILES string of the molecule is CCC(Sc1nc2ccsc2c(=O)n1C)C(=O)NCc1ccccc1. The van der Waals surface area contributed by atoms with Crippen LogP contribution in [0.25, 0.3) is 10.2 Å². The van der Waals surface area contributed by atoms with Crippen molar-refractivity contribution in [2.45, 2.75) is 30.3 Å². The molecule has 3 rings (SSSR count). The fourth-order valence-electron chi connectivity index (χ4n) is 2.42. The van der Waals surface area contributed by atoms with Crippen LogP contribution in [-0.4, -0.2) is 20.7 Å². The van der Waals surface area contributed by atoms with Crippen LogP contribution in [0.15, 0.2) is 51.7 Å². The van der Waals surface area contributed by atoms with Gasteiger partial charge in [-0.15, -0.1) is 11.3 Å². The first-order chi connectivity index (χ1) is 12.1. The first kappa shape index (κ1) is 17.7.